The van der Waals surface area contributed by atoms with E-state index in [9.17, 15) is 23.1 Å². The molecule has 0 bridgehead atoms. The molecule has 2 N–H and O–H groups in total. The first kappa shape index (κ1) is 27.3. The molecule has 0 spiro atoms. The standard InChI is InChI=1S/C26H26Cl2F3N3O3/c1-15-23(25(36)32-20-4-2-3-5-22(20)35)33-34(21-11-8-17(27)14-19(21)28)24(15)16-6-9-18(10-7-16)37-13-12-26(29,30)31/h6-11,14,20,22,35H,2-5,12-13H2,1H3,(H,32,36)/t20-,22?/m1/s1. The molecule has 1 aliphatic carbocycles. The summed E-state index contributed by atoms with van der Waals surface area (Å²) >= 11 is 12.5. The number of nitrogens with zero attached hydrogens (tertiary/aromatic N) is 2. The summed E-state index contributed by atoms with van der Waals surface area (Å²) in [5.74, 6) is -0.133. The first-order valence-electron chi connectivity index (χ1n) is 11.9. The average molecular weight is 556 g/mol. The molecule has 1 saturated carbocycles. The zero-order valence-electron chi connectivity index (χ0n) is 20.0. The Morgan fingerprint density at radius 2 is 1.86 bits per heavy atom. The van der Waals surface area contributed by atoms with E-state index < -0.39 is 31.2 Å². The van der Waals surface area contributed by atoms with E-state index in [0.717, 1.165) is 12.8 Å². The van der Waals surface area contributed by atoms with Crippen LogP contribution in [0, 0.1) is 6.92 Å². The fourth-order valence-corrected chi connectivity index (χ4v) is 4.88. The molecule has 1 heterocycles. The number of alkyl halides is 3. The number of benzene rings is 2. The molecule has 0 saturated heterocycles. The molecule has 1 amide bonds. The maximum absolute atomic E-state index is 13.2. The highest BCUT2D eigenvalue weighted by Gasteiger charge is 2.29. The predicted molar refractivity (Wildman–Crippen MR) is 136 cm³/mol. The van der Waals surface area contributed by atoms with Gasteiger partial charge in [0.15, 0.2) is 5.69 Å². The molecular formula is C26H26Cl2F3N3O3. The highest BCUT2D eigenvalue weighted by molar-refractivity contribution is 6.35. The molecule has 3 aromatic rings. The molecule has 4 rings (SSSR count). The van der Waals surface area contributed by atoms with Gasteiger partial charge in [-0.3, -0.25) is 4.79 Å². The van der Waals surface area contributed by atoms with Gasteiger partial charge in [-0.25, -0.2) is 4.68 Å². The number of hydrogen-bond acceptors (Lipinski definition) is 4. The van der Waals surface area contributed by atoms with Gasteiger partial charge in [-0.15, -0.1) is 0 Å². The molecule has 0 radical (unpaired) electrons. The molecule has 6 nitrogen and oxygen atoms in total. The second kappa shape index (κ2) is 11.3. The van der Waals surface area contributed by atoms with Gasteiger partial charge in [0.05, 0.1) is 41.6 Å². The van der Waals surface area contributed by atoms with E-state index in [4.69, 9.17) is 27.9 Å². The molecule has 11 heteroatoms. The minimum absolute atomic E-state index is 0.171. The van der Waals surface area contributed by atoms with Crippen LogP contribution in [-0.2, 0) is 0 Å². The van der Waals surface area contributed by atoms with E-state index in [1.165, 1.54) is 0 Å². The summed E-state index contributed by atoms with van der Waals surface area (Å²) in [6.45, 7) is 1.26. The Morgan fingerprint density at radius 1 is 1.16 bits per heavy atom. The van der Waals surface area contributed by atoms with Crippen molar-refractivity contribution in [2.45, 2.75) is 57.3 Å². The molecule has 37 heavy (non-hydrogen) atoms. The number of aliphatic hydroxyl groups is 1. The first-order chi connectivity index (χ1) is 17.5. The van der Waals surface area contributed by atoms with Crippen molar-refractivity contribution in [1.82, 2.24) is 15.1 Å². The van der Waals surface area contributed by atoms with Crippen molar-refractivity contribution < 1.29 is 27.8 Å². The van der Waals surface area contributed by atoms with Gasteiger partial charge in [-0.1, -0.05) is 36.0 Å². The normalized spacial score (nSPS) is 18.0. The Kier molecular flexibility index (Phi) is 8.36. The van der Waals surface area contributed by atoms with Gasteiger partial charge in [0.1, 0.15) is 5.75 Å². The second-order valence-electron chi connectivity index (χ2n) is 9.00. The van der Waals surface area contributed by atoms with Crippen molar-refractivity contribution in [3.8, 4) is 22.7 Å². The van der Waals surface area contributed by atoms with E-state index in [0.29, 0.717) is 45.4 Å². The molecular weight excluding hydrogens is 530 g/mol. The molecule has 198 valence electrons. The van der Waals surface area contributed by atoms with Crippen molar-refractivity contribution >= 4 is 29.1 Å². The summed E-state index contributed by atoms with van der Waals surface area (Å²) in [7, 11) is 0. The van der Waals surface area contributed by atoms with Crippen LogP contribution in [0.3, 0.4) is 0 Å². The third kappa shape index (κ3) is 6.58. The maximum atomic E-state index is 13.2. The molecule has 1 aliphatic rings. The Balaban J connectivity index is 1.68. The average Bonchev–Trinajstić information content (AvgIpc) is 3.17. The van der Waals surface area contributed by atoms with E-state index >= 15 is 0 Å². The Labute approximate surface area is 222 Å². The monoisotopic (exact) mass is 555 g/mol. The molecule has 1 aromatic heterocycles. The number of aromatic nitrogens is 2. The van der Waals surface area contributed by atoms with Crippen LogP contribution in [-0.4, -0.2) is 45.7 Å². The van der Waals surface area contributed by atoms with Gasteiger partial charge in [-0.2, -0.15) is 18.3 Å². The van der Waals surface area contributed by atoms with Crippen molar-refractivity contribution in [3.05, 3.63) is 63.8 Å². The number of halogens is 5. The summed E-state index contributed by atoms with van der Waals surface area (Å²) in [5, 5.41) is 18.5. The minimum Gasteiger partial charge on any atom is -0.493 e. The van der Waals surface area contributed by atoms with Crippen LogP contribution < -0.4 is 10.1 Å². The van der Waals surface area contributed by atoms with E-state index in [-0.39, 0.29) is 17.5 Å². The van der Waals surface area contributed by atoms with E-state index in [1.807, 2.05) is 0 Å². The Hall–Kier alpha value is -2.75. The third-order valence-corrected chi connectivity index (χ3v) is 6.84. The lowest BCUT2D eigenvalue weighted by Gasteiger charge is -2.28. The number of ether oxygens (including phenoxy) is 1. The minimum atomic E-state index is -4.30. The topological polar surface area (TPSA) is 76.4 Å². The lowest BCUT2D eigenvalue weighted by atomic mass is 9.92. The Bertz CT molecular complexity index is 1260. The lowest BCUT2D eigenvalue weighted by molar-refractivity contribution is -0.139. The summed E-state index contributed by atoms with van der Waals surface area (Å²) in [4.78, 5) is 13.2. The number of amides is 1. The van der Waals surface area contributed by atoms with Crippen LogP contribution in [0.5, 0.6) is 5.75 Å². The number of carbonyl (C=O) groups is 1. The van der Waals surface area contributed by atoms with Gasteiger partial charge in [0, 0.05) is 16.1 Å². The fraction of sp³-hybridized carbons (Fsp3) is 0.385. The number of hydrogen-bond donors (Lipinski definition) is 2. The van der Waals surface area contributed by atoms with Gasteiger partial charge < -0.3 is 15.2 Å². The summed E-state index contributed by atoms with van der Waals surface area (Å²) in [5.41, 5.74) is 2.45. The summed E-state index contributed by atoms with van der Waals surface area (Å²) in [6, 6.07) is 11.0. The number of aliphatic hydroxyl groups excluding tert-OH is 1. The SMILES string of the molecule is Cc1c(C(=O)N[C@@H]2CCCCC2O)nn(-c2ccc(Cl)cc2Cl)c1-c1ccc(OCCC(F)(F)F)cc1. The first-order valence-corrected chi connectivity index (χ1v) is 12.6. The van der Waals surface area contributed by atoms with Gasteiger partial charge >= 0.3 is 6.18 Å². The zero-order valence-corrected chi connectivity index (χ0v) is 21.5. The third-order valence-electron chi connectivity index (χ3n) is 6.30. The van der Waals surface area contributed by atoms with Gasteiger partial charge in [0.25, 0.3) is 5.91 Å². The number of rotatable bonds is 7. The van der Waals surface area contributed by atoms with Crippen molar-refractivity contribution in [2.24, 2.45) is 0 Å². The van der Waals surface area contributed by atoms with Crippen LogP contribution in [0.25, 0.3) is 16.9 Å². The fourth-order valence-electron chi connectivity index (χ4n) is 4.39. The second-order valence-corrected chi connectivity index (χ2v) is 9.84. The van der Waals surface area contributed by atoms with Gasteiger partial charge in [0.2, 0.25) is 0 Å². The Morgan fingerprint density at radius 3 is 2.51 bits per heavy atom. The summed E-state index contributed by atoms with van der Waals surface area (Å²) in [6.07, 6.45) is -2.83. The summed E-state index contributed by atoms with van der Waals surface area (Å²) < 4.78 is 44.1. The van der Waals surface area contributed by atoms with Crippen LogP contribution in [0.1, 0.15) is 48.2 Å². The molecule has 1 unspecified atom stereocenters. The van der Waals surface area contributed by atoms with Crippen molar-refractivity contribution in [1.29, 1.82) is 0 Å². The highest BCUT2D eigenvalue weighted by atomic mass is 35.5. The molecule has 2 aromatic carbocycles. The molecule has 0 aliphatic heterocycles. The van der Waals surface area contributed by atoms with Crippen LogP contribution in [0.4, 0.5) is 13.2 Å². The number of carbonyl (C=O) groups excluding carboxylic acids is 1. The molecule has 1 fully saturated rings. The van der Waals surface area contributed by atoms with Crippen LogP contribution in [0.15, 0.2) is 42.5 Å². The number of nitrogens with one attached hydrogen (secondary N) is 1. The van der Waals surface area contributed by atoms with Crippen LogP contribution in [0.2, 0.25) is 10.0 Å². The predicted octanol–water partition coefficient (Wildman–Crippen LogP) is 6.52. The quantitative estimate of drug-likeness (QED) is 0.348. The van der Waals surface area contributed by atoms with Crippen molar-refractivity contribution in [2.75, 3.05) is 6.61 Å². The smallest absolute Gasteiger partial charge is 0.392 e. The van der Waals surface area contributed by atoms with Crippen molar-refractivity contribution in [3.63, 3.8) is 0 Å². The largest absolute Gasteiger partial charge is 0.493 e. The van der Waals surface area contributed by atoms with Gasteiger partial charge in [-0.05, 0) is 62.2 Å². The zero-order chi connectivity index (χ0) is 26.7. The van der Waals surface area contributed by atoms with E-state index in [2.05, 4.69) is 10.4 Å². The van der Waals surface area contributed by atoms with Crippen LogP contribution >= 0.6 is 23.2 Å². The highest BCUT2D eigenvalue weighted by Crippen LogP contribution is 2.34. The maximum Gasteiger partial charge on any atom is 0.392 e. The lowest BCUT2D eigenvalue weighted by Crippen LogP contribution is -2.45. The molecule has 2 atom stereocenters. The van der Waals surface area contributed by atoms with E-state index in [1.54, 1.807) is 54.1 Å².